The Kier molecular flexibility index (Phi) is 9.10. The topological polar surface area (TPSA) is 126 Å². The average Bonchev–Trinajstić information content (AvgIpc) is 3.61. The van der Waals surface area contributed by atoms with Crippen LogP contribution in [0.15, 0.2) is 67.0 Å². The van der Waals surface area contributed by atoms with Crippen LogP contribution in [0, 0.1) is 0 Å². The molecule has 1 unspecified atom stereocenters. The summed E-state index contributed by atoms with van der Waals surface area (Å²) >= 11 is -1.51. The number of nitrogens with one attached hydrogen (secondary N) is 1. The smallest absolute Gasteiger partial charge is 0.197 e. The molecule has 0 saturated heterocycles. The summed E-state index contributed by atoms with van der Waals surface area (Å²) in [5.41, 5.74) is 3.53. The van der Waals surface area contributed by atoms with Crippen molar-refractivity contribution in [3.8, 4) is 28.3 Å². The molecule has 0 saturated carbocycles. The second-order valence-electron chi connectivity index (χ2n) is 14.4. The molecule has 5 rings (SSSR count). The quantitative estimate of drug-likeness (QED) is 0.103. The molecule has 0 fully saturated rings. The number of aromatic nitrogens is 6. The molecule has 46 heavy (non-hydrogen) atoms. The van der Waals surface area contributed by atoms with Crippen LogP contribution in [-0.4, -0.2) is 52.3 Å². The minimum Gasteiger partial charge on any atom is -0.598 e. The van der Waals surface area contributed by atoms with Gasteiger partial charge in [-0.25, -0.2) is 14.6 Å². The van der Waals surface area contributed by atoms with Crippen LogP contribution in [0.3, 0.4) is 0 Å². The first-order valence-electron chi connectivity index (χ1n) is 15.4. The van der Waals surface area contributed by atoms with E-state index >= 15 is 0 Å². The number of aryl methyl sites for hydroxylation is 1. The van der Waals surface area contributed by atoms with Crippen LogP contribution in [0.1, 0.15) is 59.9 Å². The van der Waals surface area contributed by atoms with E-state index in [1.54, 1.807) is 17.7 Å². The molecule has 0 spiro atoms. The SMILES string of the molecule is Cn1ccc(-c2cc(-c3cccc(C(C)(O)N[S@+]([O-])C(C)(C)C)n3)cc3c2cnn3-c2cccc(CO[Si](C)(C)C(C)(C)C)n2)n1. The highest BCUT2D eigenvalue weighted by molar-refractivity contribution is 7.90. The fourth-order valence-corrected chi connectivity index (χ4v) is 6.33. The van der Waals surface area contributed by atoms with Crippen LogP contribution in [0.25, 0.3) is 39.2 Å². The van der Waals surface area contributed by atoms with E-state index in [1.807, 2.05) is 93.4 Å². The van der Waals surface area contributed by atoms with Crippen LogP contribution in [0.5, 0.6) is 0 Å². The maximum absolute atomic E-state index is 12.8. The highest BCUT2D eigenvalue weighted by Gasteiger charge is 2.38. The van der Waals surface area contributed by atoms with Gasteiger partial charge in [-0.05, 0) is 88.3 Å². The van der Waals surface area contributed by atoms with E-state index in [1.165, 1.54) is 0 Å². The molecule has 0 bridgehead atoms. The Bertz CT molecular complexity index is 1850. The molecule has 12 heteroatoms. The summed E-state index contributed by atoms with van der Waals surface area (Å²) in [6, 6.07) is 17.4. The second kappa shape index (κ2) is 12.3. The van der Waals surface area contributed by atoms with Crippen molar-refractivity contribution in [3.05, 3.63) is 78.4 Å². The van der Waals surface area contributed by atoms with E-state index in [4.69, 9.17) is 19.5 Å². The lowest BCUT2D eigenvalue weighted by atomic mass is 10.0. The zero-order chi connectivity index (χ0) is 33.7. The van der Waals surface area contributed by atoms with Crippen molar-refractivity contribution in [3.63, 3.8) is 0 Å². The van der Waals surface area contributed by atoms with Crippen molar-refractivity contribution < 1.29 is 14.1 Å². The van der Waals surface area contributed by atoms with Gasteiger partial charge in [0.2, 0.25) is 0 Å². The first kappa shape index (κ1) is 34.0. The largest absolute Gasteiger partial charge is 0.598 e. The molecule has 0 amide bonds. The number of benzene rings is 1. The summed E-state index contributed by atoms with van der Waals surface area (Å²) in [5.74, 6) is 0.675. The number of fused-ring (bicyclic) bond motifs is 1. The lowest BCUT2D eigenvalue weighted by Gasteiger charge is -2.36. The molecule has 1 aromatic carbocycles. The first-order chi connectivity index (χ1) is 21.4. The molecule has 0 aliphatic rings. The van der Waals surface area contributed by atoms with Crippen molar-refractivity contribution in [2.24, 2.45) is 7.05 Å². The van der Waals surface area contributed by atoms with E-state index < -0.39 is 30.2 Å². The molecule has 4 aromatic heterocycles. The average molecular weight is 660 g/mol. The third kappa shape index (κ3) is 7.12. The molecule has 2 N–H and O–H groups in total. The number of pyridine rings is 2. The fraction of sp³-hybridized carbons (Fsp3) is 0.412. The summed E-state index contributed by atoms with van der Waals surface area (Å²) in [7, 11) is -0.0715. The van der Waals surface area contributed by atoms with Crippen LogP contribution >= 0.6 is 0 Å². The van der Waals surface area contributed by atoms with Gasteiger partial charge in [0.05, 0.1) is 41.1 Å². The summed E-state index contributed by atoms with van der Waals surface area (Å²) in [6.45, 7) is 18.7. The maximum Gasteiger partial charge on any atom is 0.197 e. The predicted molar refractivity (Wildman–Crippen MR) is 187 cm³/mol. The lowest BCUT2D eigenvalue weighted by Crippen LogP contribution is -2.50. The van der Waals surface area contributed by atoms with Crippen molar-refractivity contribution in [2.75, 3.05) is 0 Å². The van der Waals surface area contributed by atoms with E-state index in [0.717, 1.165) is 33.4 Å². The normalized spacial score (nSPS) is 14.9. The lowest BCUT2D eigenvalue weighted by molar-refractivity contribution is 0.0401. The van der Waals surface area contributed by atoms with Gasteiger partial charge >= 0.3 is 0 Å². The number of hydrogen-bond donors (Lipinski definition) is 2. The summed E-state index contributed by atoms with van der Waals surface area (Å²) in [5, 5.41) is 21.8. The van der Waals surface area contributed by atoms with Gasteiger partial charge in [-0.1, -0.05) is 32.9 Å². The number of nitrogens with zero attached hydrogens (tertiary/aromatic N) is 6. The van der Waals surface area contributed by atoms with Gasteiger partial charge in [-0.2, -0.15) is 10.2 Å². The van der Waals surface area contributed by atoms with Gasteiger partial charge in [0.15, 0.2) is 19.9 Å². The highest BCUT2D eigenvalue weighted by Crippen LogP contribution is 2.37. The molecular formula is C34H45N7O3SSi. The zero-order valence-corrected chi connectivity index (χ0v) is 30.2. The zero-order valence-electron chi connectivity index (χ0n) is 28.4. The van der Waals surface area contributed by atoms with Crippen LogP contribution < -0.4 is 4.72 Å². The monoisotopic (exact) mass is 659 g/mol. The molecule has 2 atom stereocenters. The van der Waals surface area contributed by atoms with E-state index in [2.05, 4.69) is 43.7 Å². The molecule has 244 valence electrons. The van der Waals surface area contributed by atoms with Gasteiger partial charge < -0.3 is 14.1 Å². The van der Waals surface area contributed by atoms with Crippen LogP contribution in [-0.2, 0) is 35.2 Å². The molecule has 0 aliphatic heterocycles. The molecular weight excluding hydrogens is 615 g/mol. The van der Waals surface area contributed by atoms with Gasteiger partial charge in [0.1, 0.15) is 4.75 Å². The molecule has 5 aromatic rings. The summed E-state index contributed by atoms with van der Waals surface area (Å²) in [6.07, 6.45) is 3.74. The minimum atomic E-state index is -1.96. The summed E-state index contributed by atoms with van der Waals surface area (Å²) in [4.78, 5) is 9.78. The maximum atomic E-state index is 12.8. The number of rotatable bonds is 9. The Morgan fingerprint density at radius 1 is 0.957 bits per heavy atom. The molecule has 10 nitrogen and oxygen atoms in total. The standard InChI is InChI=1S/C34H45N7O3SSi/c1-32(2,3)45(43)39-34(7,42)30-15-12-14-27(37-30)23-19-25(28-17-18-40(8)38-28)26-21-35-41(29(26)20-23)31-16-11-13-24(36-31)22-44-46(9,10)33(4,5)6/h11-21,39,42H,22H2,1-10H3/t34?,45-/m1/s1. The second-order valence-corrected chi connectivity index (χ2v) is 21.2. The number of hydrogen-bond acceptors (Lipinski definition) is 8. The Hall–Kier alpha value is -3.39. The van der Waals surface area contributed by atoms with E-state index in [-0.39, 0.29) is 5.04 Å². The number of aliphatic hydroxyl groups is 1. The van der Waals surface area contributed by atoms with E-state index in [9.17, 15) is 9.66 Å². The third-order valence-corrected chi connectivity index (χ3v) is 14.6. The summed E-state index contributed by atoms with van der Waals surface area (Å²) < 4.78 is 25.2. The Labute approximate surface area is 275 Å². The van der Waals surface area contributed by atoms with Gasteiger partial charge in [0, 0.05) is 41.1 Å². The van der Waals surface area contributed by atoms with Crippen molar-refractivity contribution >= 4 is 30.6 Å². The van der Waals surface area contributed by atoms with Gasteiger partial charge in [-0.3, -0.25) is 4.68 Å². The molecule has 4 heterocycles. The predicted octanol–water partition coefficient (Wildman–Crippen LogP) is 6.62. The van der Waals surface area contributed by atoms with Crippen molar-refractivity contribution in [2.45, 2.75) is 83.7 Å². The van der Waals surface area contributed by atoms with Gasteiger partial charge in [-0.15, -0.1) is 4.72 Å². The van der Waals surface area contributed by atoms with Crippen LogP contribution in [0.2, 0.25) is 18.1 Å². The van der Waals surface area contributed by atoms with E-state index in [0.29, 0.717) is 23.8 Å². The molecule has 0 radical (unpaired) electrons. The Morgan fingerprint density at radius 3 is 2.33 bits per heavy atom. The Balaban J connectivity index is 1.59. The first-order valence-corrected chi connectivity index (χ1v) is 19.4. The highest BCUT2D eigenvalue weighted by atomic mass is 32.2. The fourth-order valence-electron chi connectivity index (χ4n) is 4.62. The van der Waals surface area contributed by atoms with Crippen molar-refractivity contribution in [1.29, 1.82) is 0 Å². The minimum absolute atomic E-state index is 0.0968. The third-order valence-electron chi connectivity index (χ3n) is 8.47. The van der Waals surface area contributed by atoms with Crippen LogP contribution in [0.4, 0.5) is 0 Å². The Morgan fingerprint density at radius 2 is 1.67 bits per heavy atom. The molecule has 0 aliphatic carbocycles. The van der Waals surface area contributed by atoms with Crippen molar-refractivity contribution in [1.82, 2.24) is 34.3 Å². The van der Waals surface area contributed by atoms with Gasteiger partial charge in [0.25, 0.3) is 0 Å².